The molecule has 0 aliphatic rings. The summed E-state index contributed by atoms with van der Waals surface area (Å²) in [6, 6.07) is 10.0. The molecule has 0 aliphatic heterocycles. The number of carbonyl (C=O) groups excluding carboxylic acids is 1. The molecule has 19 heavy (non-hydrogen) atoms. The van der Waals surface area contributed by atoms with E-state index in [1.807, 2.05) is 0 Å². The average molecular weight is 258 g/mol. The van der Waals surface area contributed by atoms with Gasteiger partial charge >= 0.3 is 0 Å². The fraction of sp³-hybridized carbons (Fsp3) is 0.143. The Bertz CT molecular complexity index is 662. The number of carbonyl (C=O) groups is 1. The maximum absolute atomic E-state index is 12.0. The largest absolute Gasteiger partial charge is 0.392 e. The lowest BCUT2D eigenvalue weighted by atomic mass is 10.1. The van der Waals surface area contributed by atoms with Gasteiger partial charge in [0.2, 0.25) is 0 Å². The Balaban J connectivity index is 2.28. The highest BCUT2D eigenvalue weighted by atomic mass is 16.3. The molecule has 2 aromatic rings. The van der Waals surface area contributed by atoms with E-state index in [2.05, 4.69) is 10.3 Å². The molecule has 0 atom stereocenters. The Morgan fingerprint density at radius 1 is 1.26 bits per heavy atom. The summed E-state index contributed by atoms with van der Waals surface area (Å²) in [6.45, 7) is 1.56. The minimum absolute atomic E-state index is 0.0401. The predicted octanol–water partition coefficient (Wildman–Crippen LogP) is 1.43. The fourth-order valence-electron chi connectivity index (χ4n) is 1.72. The van der Waals surface area contributed by atoms with Gasteiger partial charge in [0.1, 0.15) is 5.56 Å². The summed E-state index contributed by atoms with van der Waals surface area (Å²) in [5, 5.41) is 11.8. The van der Waals surface area contributed by atoms with Crippen LogP contribution in [-0.4, -0.2) is 16.0 Å². The van der Waals surface area contributed by atoms with Crippen molar-refractivity contribution in [1.29, 1.82) is 0 Å². The van der Waals surface area contributed by atoms with Gasteiger partial charge in [0.05, 0.1) is 6.61 Å². The number of aromatic amines is 1. The normalized spacial score (nSPS) is 10.2. The van der Waals surface area contributed by atoms with Crippen LogP contribution in [0.25, 0.3) is 0 Å². The Morgan fingerprint density at radius 3 is 2.68 bits per heavy atom. The number of nitrogens with one attached hydrogen (secondary N) is 2. The van der Waals surface area contributed by atoms with Crippen LogP contribution in [0.1, 0.15) is 21.6 Å². The highest BCUT2D eigenvalue weighted by Crippen LogP contribution is 2.15. The Hall–Kier alpha value is -2.40. The van der Waals surface area contributed by atoms with Gasteiger partial charge in [-0.15, -0.1) is 0 Å². The second-order valence-electron chi connectivity index (χ2n) is 4.15. The van der Waals surface area contributed by atoms with Gasteiger partial charge in [0, 0.05) is 16.9 Å². The van der Waals surface area contributed by atoms with Gasteiger partial charge < -0.3 is 15.4 Å². The standard InChI is InChI=1S/C14H14N2O3/c1-9-6-7-11(13(18)15-9)14(19)16-12-5-3-2-4-10(12)8-17/h2-7,17H,8H2,1H3,(H,15,18)(H,16,19). The highest BCUT2D eigenvalue weighted by Gasteiger charge is 2.12. The van der Waals surface area contributed by atoms with Gasteiger partial charge in [-0.2, -0.15) is 0 Å². The molecule has 0 unspecified atom stereocenters. The highest BCUT2D eigenvalue weighted by molar-refractivity contribution is 6.04. The quantitative estimate of drug-likeness (QED) is 0.778. The summed E-state index contributed by atoms with van der Waals surface area (Å²) in [6.07, 6.45) is 0. The summed E-state index contributed by atoms with van der Waals surface area (Å²) in [4.78, 5) is 26.2. The summed E-state index contributed by atoms with van der Waals surface area (Å²) in [5.41, 5.74) is 1.39. The molecule has 5 heteroatoms. The topological polar surface area (TPSA) is 82.2 Å². The van der Waals surface area contributed by atoms with Crippen molar-refractivity contribution in [3.8, 4) is 0 Å². The fourth-order valence-corrected chi connectivity index (χ4v) is 1.72. The number of anilines is 1. The number of aliphatic hydroxyl groups is 1. The van der Waals surface area contributed by atoms with Crippen LogP contribution in [0.4, 0.5) is 5.69 Å². The molecule has 0 saturated heterocycles. The van der Waals surface area contributed by atoms with E-state index in [-0.39, 0.29) is 12.2 Å². The first-order valence-electron chi connectivity index (χ1n) is 5.82. The lowest BCUT2D eigenvalue weighted by molar-refractivity contribution is 0.102. The minimum Gasteiger partial charge on any atom is -0.392 e. The van der Waals surface area contributed by atoms with Gasteiger partial charge in [0.25, 0.3) is 11.5 Å². The monoisotopic (exact) mass is 258 g/mol. The zero-order chi connectivity index (χ0) is 13.8. The van der Waals surface area contributed by atoms with E-state index in [9.17, 15) is 14.7 Å². The van der Waals surface area contributed by atoms with Gasteiger partial charge in [-0.05, 0) is 25.1 Å². The lowest BCUT2D eigenvalue weighted by Gasteiger charge is -2.08. The smallest absolute Gasteiger partial charge is 0.261 e. The molecule has 1 aromatic heterocycles. The molecule has 5 nitrogen and oxygen atoms in total. The maximum Gasteiger partial charge on any atom is 0.261 e. The second kappa shape index (κ2) is 5.49. The first-order valence-corrected chi connectivity index (χ1v) is 5.82. The van der Waals surface area contributed by atoms with Crippen LogP contribution in [0.5, 0.6) is 0 Å². The number of H-pyrrole nitrogens is 1. The first-order chi connectivity index (χ1) is 9.11. The van der Waals surface area contributed by atoms with E-state index in [4.69, 9.17) is 0 Å². The molecule has 98 valence electrons. The second-order valence-corrected chi connectivity index (χ2v) is 4.15. The Labute approximate surface area is 109 Å². The number of hydrogen-bond acceptors (Lipinski definition) is 3. The molecule has 2 rings (SSSR count). The van der Waals surface area contributed by atoms with Crippen LogP contribution in [0, 0.1) is 6.92 Å². The van der Waals surface area contributed by atoms with E-state index in [1.165, 1.54) is 6.07 Å². The molecule has 0 spiro atoms. The number of aliphatic hydroxyl groups excluding tert-OH is 1. The zero-order valence-corrected chi connectivity index (χ0v) is 10.4. The van der Waals surface area contributed by atoms with E-state index < -0.39 is 11.5 Å². The van der Waals surface area contributed by atoms with Crippen molar-refractivity contribution >= 4 is 11.6 Å². The SMILES string of the molecule is Cc1ccc(C(=O)Nc2ccccc2CO)c(=O)[nH]1. The maximum atomic E-state index is 12.0. The van der Waals surface area contributed by atoms with Gasteiger partial charge in [-0.25, -0.2) is 0 Å². The number of para-hydroxylation sites is 1. The van der Waals surface area contributed by atoms with Gasteiger partial charge in [0.15, 0.2) is 0 Å². The van der Waals surface area contributed by atoms with Crippen LogP contribution in [0.15, 0.2) is 41.2 Å². The number of pyridine rings is 1. The number of rotatable bonds is 3. The van der Waals surface area contributed by atoms with Crippen molar-refractivity contribution in [3.63, 3.8) is 0 Å². The molecular weight excluding hydrogens is 244 g/mol. The molecule has 0 radical (unpaired) electrons. The molecule has 0 bridgehead atoms. The van der Waals surface area contributed by atoms with Crippen LogP contribution >= 0.6 is 0 Å². The molecule has 1 amide bonds. The number of hydrogen-bond donors (Lipinski definition) is 3. The number of amides is 1. The van der Waals surface area contributed by atoms with E-state index in [0.29, 0.717) is 16.9 Å². The summed E-state index contributed by atoms with van der Waals surface area (Å²) < 4.78 is 0. The van der Waals surface area contributed by atoms with Crippen molar-refractivity contribution < 1.29 is 9.90 Å². The van der Waals surface area contributed by atoms with Crippen molar-refractivity contribution in [2.45, 2.75) is 13.5 Å². The summed E-state index contributed by atoms with van der Waals surface area (Å²) >= 11 is 0. The summed E-state index contributed by atoms with van der Waals surface area (Å²) in [5.74, 6) is -0.498. The number of aromatic nitrogens is 1. The van der Waals surface area contributed by atoms with E-state index in [0.717, 1.165) is 0 Å². The minimum atomic E-state index is -0.498. The van der Waals surface area contributed by atoms with Crippen molar-refractivity contribution in [3.05, 3.63) is 63.6 Å². The third-order valence-corrected chi connectivity index (χ3v) is 2.74. The van der Waals surface area contributed by atoms with Gasteiger partial charge in [-0.3, -0.25) is 9.59 Å². The van der Waals surface area contributed by atoms with Crippen LogP contribution in [0.3, 0.4) is 0 Å². The average Bonchev–Trinajstić information content (AvgIpc) is 2.39. The zero-order valence-electron chi connectivity index (χ0n) is 10.4. The van der Waals surface area contributed by atoms with Crippen molar-refractivity contribution in [2.75, 3.05) is 5.32 Å². The van der Waals surface area contributed by atoms with Crippen molar-refractivity contribution in [2.24, 2.45) is 0 Å². The Morgan fingerprint density at radius 2 is 2.00 bits per heavy atom. The molecule has 1 aromatic carbocycles. The third kappa shape index (κ3) is 2.89. The molecule has 0 saturated carbocycles. The molecule has 1 heterocycles. The third-order valence-electron chi connectivity index (χ3n) is 2.74. The first kappa shape index (κ1) is 13.0. The van der Waals surface area contributed by atoms with E-state index >= 15 is 0 Å². The lowest BCUT2D eigenvalue weighted by Crippen LogP contribution is -2.23. The van der Waals surface area contributed by atoms with Crippen LogP contribution < -0.4 is 10.9 Å². The summed E-state index contributed by atoms with van der Waals surface area (Å²) in [7, 11) is 0. The predicted molar refractivity (Wildman–Crippen MR) is 72.1 cm³/mol. The van der Waals surface area contributed by atoms with Crippen LogP contribution in [-0.2, 0) is 6.61 Å². The number of benzene rings is 1. The molecule has 0 fully saturated rings. The van der Waals surface area contributed by atoms with Crippen LogP contribution in [0.2, 0.25) is 0 Å². The molecule has 0 aliphatic carbocycles. The Kier molecular flexibility index (Phi) is 3.77. The number of aryl methyl sites for hydroxylation is 1. The van der Waals surface area contributed by atoms with Crippen molar-refractivity contribution in [1.82, 2.24) is 4.98 Å². The molecule has 3 N–H and O–H groups in total. The van der Waals surface area contributed by atoms with E-state index in [1.54, 1.807) is 37.3 Å². The molecular formula is C14H14N2O3. The van der Waals surface area contributed by atoms with Gasteiger partial charge in [-0.1, -0.05) is 18.2 Å².